The van der Waals surface area contributed by atoms with Crippen LogP contribution in [0.4, 0.5) is 0 Å². The van der Waals surface area contributed by atoms with E-state index in [1.807, 2.05) is 0 Å². The van der Waals surface area contributed by atoms with E-state index in [4.69, 9.17) is 0 Å². The summed E-state index contributed by atoms with van der Waals surface area (Å²) in [6, 6.07) is 0.367. The summed E-state index contributed by atoms with van der Waals surface area (Å²) in [4.78, 5) is 25.4. The lowest BCUT2D eigenvalue weighted by Crippen LogP contribution is -2.35. The monoisotopic (exact) mass is 296 g/mol. The SMILES string of the molecule is CC(C)C1CN(CCC(=O)NC2CCCC2)CC1C(=O)O. The quantitative estimate of drug-likeness (QED) is 0.783. The summed E-state index contributed by atoms with van der Waals surface area (Å²) in [5, 5.41) is 12.4. The topological polar surface area (TPSA) is 69.6 Å². The van der Waals surface area contributed by atoms with E-state index in [0.717, 1.165) is 19.4 Å². The first-order valence-corrected chi connectivity index (χ1v) is 8.22. The fraction of sp³-hybridized carbons (Fsp3) is 0.875. The second-order valence-corrected chi connectivity index (χ2v) is 6.91. The molecular weight excluding hydrogens is 268 g/mol. The minimum atomic E-state index is -0.702. The number of carbonyl (C=O) groups is 2. The van der Waals surface area contributed by atoms with E-state index >= 15 is 0 Å². The van der Waals surface area contributed by atoms with E-state index < -0.39 is 5.97 Å². The van der Waals surface area contributed by atoms with Crippen LogP contribution in [-0.2, 0) is 9.59 Å². The van der Waals surface area contributed by atoms with Crippen molar-refractivity contribution in [1.82, 2.24) is 10.2 Å². The summed E-state index contributed by atoms with van der Waals surface area (Å²) < 4.78 is 0. The Kier molecular flexibility index (Phi) is 5.62. The van der Waals surface area contributed by atoms with Crippen molar-refractivity contribution in [1.29, 1.82) is 0 Å². The lowest BCUT2D eigenvalue weighted by atomic mass is 9.86. The molecule has 2 fully saturated rings. The highest BCUT2D eigenvalue weighted by Crippen LogP contribution is 2.29. The van der Waals surface area contributed by atoms with E-state index in [-0.39, 0.29) is 17.7 Å². The molecule has 0 aromatic rings. The molecule has 0 aromatic carbocycles. The molecule has 1 saturated heterocycles. The second-order valence-electron chi connectivity index (χ2n) is 6.91. The highest BCUT2D eigenvalue weighted by molar-refractivity contribution is 5.76. The van der Waals surface area contributed by atoms with Crippen LogP contribution in [0.2, 0.25) is 0 Å². The van der Waals surface area contributed by atoms with Gasteiger partial charge in [-0.25, -0.2) is 0 Å². The van der Waals surface area contributed by atoms with Crippen molar-refractivity contribution in [3.05, 3.63) is 0 Å². The first-order chi connectivity index (χ1) is 9.97. The van der Waals surface area contributed by atoms with Gasteiger partial charge in [-0.3, -0.25) is 9.59 Å². The first-order valence-electron chi connectivity index (χ1n) is 8.22. The smallest absolute Gasteiger partial charge is 0.308 e. The minimum Gasteiger partial charge on any atom is -0.481 e. The van der Waals surface area contributed by atoms with E-state index in [1.165, 1.54) is 12.8 Å². The normalized spacial score (nSPS) is 27.4. The molecule has 2 aliphatic rings. The molecule has 1 heterocycles. The predicted molar refractivity (Wildman–Crippen MR) is 80.9 cm³/mol. The Hall–Kier alpha value is -1.10. The van der Waals surface area contributed by atoms with Crippen molar-refractivity contribution in [2.75, 3.05) is 19.6 Å². The summed E-state index contributed by atoms with van der Waals surface area (Å²) >= 11 is 0. The average molecular weight is 296 g/mol. The highest BCUT2D eigenvalue weighted by atomic mass is 16.4. The number of aliphatic carboxylic acids is 1. The lowest BCUT2D eigenvalue weighted by molar-refractivity contribution is -0.143. The Bertz CT molecular complexity index is 378. The first kappa shape index (κ1) is 16.3. The Labute approximate surface area is 127 Å². The molecule has 2 N–H and O–H groups in total. The molecule has 1 saturated carbocycles. The Morgan fingerprint density at radius 1 is 1.24 bits per heavy atom. The highest BCUT2D eigenvalue weighted by Gasteiger charge is 2.38. The predicted octanol–water partition coefficient (Wildman–Crippen LogP) is 1.72. The van der Waals surface area contributed by atoms with Crippen LogP contribution >= 0.6 is 0 Å². The zero-order valence-electron chi connectivity index (χ0n) is 13.2. The molecule has 21 heavy (non-hydrogen) atoms. The van der Waals surface area contributed by atoms with Crippen molar-refractivity contribution in [2.24, 2.45) is 17.8 Å². The van der Waals surface area contributed by atoms with Crippen LogP contribution in [0.3, 0.4) is 0 Å². The van der Waals surface area contributed by atoms with Crippen molar-refractivity contribution in [2.45, 2.75) is 52.0 Å². The molecule has 0 bridgehead atoms. The summed E-state index contributed by atoms with van der Waals surface area (Å²) in [6.07, 6.45) is 5.12. The lowest BCUT2D eigenvalue weighted by Gasteiger charge is -2.19. The van der Waals surface area contributed by atoms with E-state index in [0.29, 0.717) is 31.5 Å². The third-order valence-electron chi connectivity index (χ3n) is 4.99. The Balaban J connectivity index is 1.75. The second kappa shape index (κ2) is 7.25. The summed E-state index contributed by atoms with van der Waals surface area (Å²) in [7, 11) is 0. The molecule has 2 rings (SSSR count). The molecule has 5 heteroatoms. The molecule has 5 nitrogen and oxygen atoms in total. The Morgan fingerprint density at radius 2 is 1.90 bits per heavy atom. The standard InChI is InChI=1S/C16H28N2O3/c1-11(2)13-9-18(10-14(13)16(20)21)8-7-15(19)17-12-5-3-4-6-12/h11-14H,3-10H2,1-2H3,(H,17,19)(H,20,21). The maximum Gasteiger partial charge on any atom is 0.308 e. The molecule has 2 atom stereocenters. The number of carboxylic acid groups (broad SMARTS) is 1. The number of nitrogens with zero attached hydrogens (tertiary/aromatic N) is 1. The summed E-state index contributed by atoms with van der Waals surface area (Å²) in [5.41, 5.74) is 0. The van der Waals surface area contributed by atoms with Gasteiger partial charge in [0.1, 0.15) is 0 Å². The van der Waals surface area contributed by atoms with Gasteiger partial charge < -0.3 is 15.3 Å². The van der Waals surface area contributed by atoms with Gasteiger partial charge in [-0.2, -0.15) is 0 Å². The van der Waals surface area contributed by atoms with E-state index in [9.17, 15) is 14.7 Å². The number of hydrogen-bond acceptors (Lipinski definition) is 3. The number of nitrogens with one attached hydrogen (secondary N) is 1. The number of carbonyl (C=O) groups excluding carboxylic acids is 1. The van der Waals surface area contributed by atoms with Gasteiger partial charge in [0, 0.05) is 32.1 Å². The molecule has 2 unspecified atom stereocenters. The van der Waals surface area contributed by atoms with Crippen LogP contribution < -0.4 is 5.32 Å². The van der Waals surface area contributed by atoms with Crippen LogP contribution in [0.15, 0.2) is 0 Å². The summed E-state index contributed by atoms with van der Waals surface area (Å²) in [6.45, 7) is 6.21. The number of likely N-dealkylation sites (tertiary alicyclic amines) is 1. The van der Waals surface area contributed by atoms with Gasteiger partial charge in [-0.05, 0) is 24.7 Å². The van der Waals surface area contributed by atoms with E-state index in [2.05, 4.69) is 24.1 Å². The number of amides is 1. The molecule has 0 aromatic heterocycles. The molecule has 120 valence electrons. The maximum atomic E-state index is 11.9. The largest absolute Gasteiger partial charge is 0.481 e. The minimum absolute atomic E-state index is 0.113. The Morgan fingerprint density at radius 3 is 2.43 bits per heavy atom. The molecule has 1 amide bonds. The van der Waals surface area contributed by atoms with Gasteiger partial charge in [0.25, 0.3) is 0 Å². The number of hydrogen-bond donors (Lipinski definition) is 2. The molecular formula is C16H28N2O3. The molecule has 0 spiro atoms. The molecule has 1 aliphatic carbocycles. The van der Waals surface area contributed by atoms with Crippen molar-refractivity contribution >= 4 is 11.9 Å². The molecule has 0 radical (unpaired) electrons. The van der Waals surface area contributed by atoms with Crippen LogP contribution in [0, 0.1) is 17.8 Å². The zero-order valence-corrected chi connectivity index (χ0v) is 13.2. The fourth-order valence-corrected chi connectivity index (χ4v) is 3.66. The van der Waals surface area contributed by atoms with Crippen LogP contribution in [0.5, 0.6) is 0 Å². The van der Waals surface area contributed by atoms with Gasteiger partial charge in [0.2, 0.25) is 5.91 Å². The average Bonchev–Trinajstić information content (AvgIpc) is 3.04. The third-order valence-corrected chi connectivity index (χ3v) is 4.99. The van der Waals surface area contributed by atoms with Crippen LogP contribution in [-0.4, -0.2) is 47.6 Å². The van der Waals surface area contributed by atoms with Gasteiger partial charge in [0.05, 0.1) is 5.92 Å². The summed E-state index contributed by atoms with van der Waals surface area (Å²) in [5.74, 6) is -0.319. The van der Waals surface area contributed by atoms with E-state index in [1.54, 1.807) is 0 Å². The van der Waals surface area contributed by atoms with Gasteiger partial charge in [0.15, 0.2) is 0 Å². The van der Waals surface area contributed by atoms with Crippen molar-refractivity contribution in [3.63, 3.8) is 0 Å². The zero-order chi connectivity index (χ0) is 15.4. The van der Waals surface area contributed by atoms with Crippen LogP contribution in [0.25, 0.3) is 0 Å². The number of carboxylic acids is 1. The number of rotatable bonds is 6. The molecule has 1 aliphatic heterocycles. The fourth-order valence-electron chi connectivity index (χ4n) is 3.66. The van der Waals surface area contributed by atoms with Crippen molar-refractivity contribution < 1.29 is 14.7 Å². The maximum absolute atomic E-state index is 11.9. The van der Waals surface area contributed by atoms with Gasteiger partial charge in [-0.1, -0.05) is 26.7 Å². The van der Waals surface area contributed by atoms with Crippen LogP contribution in [0.1, 0.15) is 46.0 Å². The van der Waals surface area contributed by atoms with Crippen molar-refractivity contribution in [3.8, 4) is 0 Å². The van der Waals surface area contributed by atoms with Gasteiger partial charge >= 0.3 is 5.97 Å². The third kappa shape index (κ3) is 4.43. The van der Waals surface area contributed by atoms with Gasteiger partial charge in [-0.15, -0.1) is 0 Å².